The molecule has 1 aromatic rings. The maximum absolute atomic E-state index is 13.2. The minimum atomic E-state index is -1.08. The van der Waals surface area contributed by atoms with E-state index in [1.807, 2.05) is 0 Å². The third-order valence-electron chi connectivity index (χ3n) is 11.6. The summed E-state index contributed by atoms with van der Waals surface area (Å²) in [5.74, 6) is -2.88. The summed E-state index contributed by atoms with van der Waals surface area (Å²) in [4.78, 5) is 75.5. The molecule has 2 aliphatic heterocycles. The van der Waals surface area contributed by atoms with E-state index in [4.69, 9.17) is 56.8 Å². The summed E-state index contributed by atoms with van der Waals surface area (Å²) in [5, 5.41) is 4.91. The maximum atomic E-state index is 13.2. The number of carbonyl (C=O) groups excluding carboxylic acids is 6. The SMILES string of the molecule is CCCCCCCCCCCC(=O)OCCOCCOCCOCCOCCOCCOCCOCCOCCOCCOCCOCCCCCC(=O)Nc1cccc2c1C(=O)N(C1CCC(=O)NC1=O)C2=O. The van der Waals surface area contributed by atoms with Crippen LogP contribution in [0.5, 0.6) is 0 Å². The summed E-state index contributed by atoms with van der Waals surface area (Å²) in [6.45, 7) is 12.6. The first-order chi connectivity index (χ1) is 36.3. The molecule has 1 saturated heterocycles. The summed E-state index contributed by atoms with van der Waals surface area (Å²) >= 11 is 0. The van der Waals surface area contributed by atoms with Crippen molar-refractivity contribution in [2.45, 2.75) is 116 Å². The smallest absolute Gasteiger partial charge is 0.305 e. The number of amides is 5. The molecule has 21 heteroatoms. The summed E-state index contributed by atoms with van der Waals surface area (Å²) in [6, 6.07) is 3.52. The van der Waals surface area contributed by atoms with E-state index in [0.29, 0.717) is 158 Å². The standard InChI is InChI=1S/C53H87N3O18/c1-2-3-4-5-6-7-8-9-12-18-49(59)74-43-42-73-41-40-72-39-38-71-37-36-70-35-34-69-33-32-68-31-30-67-29-28-66-27-26-65-25-24-64-23-22-63-21-13-10-11-17-47(57)54-45-16-14-15-44-50(45)53(62)56(52(44)61)46-19-20-48(58)55-51(46)60/h14-16,46H,2-13,17-43H2,1H3,(H,54,57)(H,55,58,60). The molecule has 1 atom stereocenters. The van der Waals surface area contributed by atoms with Crippen molar-refractivity contribution in [1.29, 1.82) is 0 Å². The molecule has 0 radical (unpaired) electrons. The molecule has 5 amide bonds. The van der Waals surface area contributed by atoms with Gasteiger partial charge in [0.25, 0.3) is 11.8 Å². The zero-order chi connectivity index (χ0) is 52.9. The first-order valence-electron chi connectivity index (χ1n) is 27.0. The fourth-order valence-electron chi connectivity index (χ4n) is 7.67. The second-order valence-corrected chi connectivity index (χ2v) is 17.6. The van der Waals surface area contributed by atoms with E-state index >= 15 is 0 Å². The minimum absolute atomic E-state index is 0.0248. The largest absolute Gasteiger partial charge is 0.463 e. The van der Waals surface area contributed by atoms with Crippen molar-refractivity contribution in [1.82, 2.24) is 10.2 Å². The summed E-state index contributed by atoms with van der Waals surface area (Å²) in [5.41, 5.74) is 0.373. The molecule has 21 nitrogen and oxygen atoms in total. The van der Waals surface area contributed by atoms with Gasteiger partial charge in [-0.15, -0.1) is 0 Å². The van der Waals surface area contributed by atoms with E-state index < -0.39 is 29.7 Å². The molecule has 0 saturated carbocycles. The van der Waals surface area contributed by atoms with Crippen molar-refractivity contribution in [3.05, 3.63) is 29.3 Å². The number of imide groups is 2. The summed E-state index contributed by atoms with van der Waals surface area (Å²) in [6.07, 6.45) is 13.9. The highest BCUT2D eigenvalue weighted by Gasteiger charge is 2.45. The van der Waals surface area contributed by atoms with Gasteiger partial charge in [0.15, 0.2) is 0 Å². The Hall–Kier alpha value is -4.00. The highest BCUT2D eigenvalue weighted by atomic mass is 16.6. The van der Waals surface area contributed by atoms with Gasteiger partial charge >= 0.3 is 5.97 Å². The van der Waals surface area contributed by atoms with E-state index in [1.54, 1.807) is 12.1 Å². The van der Waals surface area contributed by atoms with Crippen LogP contribution in [0.1, 0.15) is 130 Å². The van der Waals surface area contributed by atoms with Crippen LogP contribution in [0.2, 0.25) is 0 Å². The van der Waals surface area contributed by atoms with Gasteiger partial charge in [-0.1, -0.05) is 70.8 Å². The Morgan fingerprint density at radius 2 is 0.905 bits per heavy atom. The molecule has 0 bridgehead atoms. The number of nitrogens with zero attached hydrogens (tertiary/aromatic N) is 1. The number of hydrogen-bond donors (Lipinski definition) is 2. The first-order valence-corrected chi connectivity index (χ1v) is 27.0. The Labute approximate surface area is 438 Å². The van der Waals surface area contributed by atoms with Crippen molar-refractivity contribution in [2.24, 2.45) is 0 Å². The lowest BCUT2D eigenvalue weighted by Crippen LogP contribution is -2.54. The van der Waals surface area contributed by atoms with Crippen LogP contribution < -0.4 is 10.6 Å². The zero-order valence-electron chi connectivity index (χ0n) is 44.2. The molecule has 0 aromatic heterocycles. The van der Waals surface area contributed by atoms with E-state index in [9.17, 15) is 28.8 Å². The average molecular weight is 1050 g/mol. The highest BCUT2D eigenvalue weighted by Crippen LogP contribution is 2.32. The second kappa shape index (κ2) is 44.2. The molecule has 1 aromatic carbocycles. The molecule has 2 N–H and O–H groups in total. The molecular formula is C53H87N3O18. The Balaban J connectivity index is 0.939. The number of esters is 1. The van der Waals surface area contributed by atoms with Crippen LogP contribution in [0.4, 0.5) is 5.69 Å². The van der Waals surface area contributed by atoms with Crippen LogP contribution >= 0.6 is 0 Å². The molecule has 0 spiro atoms. The highest BCUT2D eigenvalue weighted by molar-refractivity contribution is 6.26. The Morgan fingerprint density at radius 3 is 1.36 bits per heavy atom. The molecule has 0 aliphatic carbocycles. The Bertz CT molecular complexity index is 1690. The van der Waals surface area contributed by atoms with Crippen LogP contribution in [0.3, 0.4) is 0 Å². The van der Waals surface area contributed by atoms with E-state index in [1.165, 1.54) is 51.0 Å². The Morgan fingerprint density at radius 1 is 0.500 bits per heavy atom. The molecule has 74 heavy (non-hydrogen) atoms. The normalized spacial score (nSPS) is 14.5. The van der Waals surface area contributed by atoms with Gasteiger partial charge in [0.1, 0.15) is 12.6 Å². The number of nitrogens with one attached hydrogen (secondary N) is 2. The molecule has 422 valence electrons. The van der Waals surface area contributed by atoms with Crippen LogP contribution in [0, 0.1) is 0 Å². The predicted octanol–water partition coefficient (Wildman–Crippen LogP) is 5.23. The van der Waals surface area contributed by atoms with Crippen molar-refractivity contribution < 1.29 is 85.6 Å². The number of anilines is 1. The predicted molar refractivity (Wildman–Crippen MR) is 272 cm³/mol. The first kappa shape index (κ1) is 64.3. The van der Waals surface area contributed by atoms with Crippen molar-refractivity contribution in [3.63, 3.8) is 0 Å². The van der Waals surface area contributed by atoms with Gasteiger partial charge in [-0.3, -0.25) is 39.0 Å². The lowest BCUT2D eigenvalue weighted by molar-refractivity contribution is -0.145. The summed E-state index contributed by atoms with van der Waals surface area (Å²) < 4.78 is 65.9. The summed E-state index contributed by atoms with van der Waals surface area (Å²) in [7, 11) is 0. The lowest BCUT2D eigenvalue weighted by atomic mass is 10.0. The fourth-order valence-corrected chi connectivity index (χ4v) is 7.67. The number of fused-ring (bicyclic) bond motifs is 1. The van der Waals surface area contributed by atoms with E-state index in [-0.39, 0.29) is 54.6 Å². The second-order valence-electron chi connectivity index (χ2n) is 17.6. The minimum Gasteiger partial charge on any atom is -0.463 e. The van der Waals surface area contributed by atoms with Gasteiger partial charge < -0.3 is 62.2 Å². The average Bonchev–Trinajstić information content (AvgIpc) is 3.65. The van der Waals surface area contributed by atoms with Crippen molar-refractivity contribution in [3.8, 4) is 0 Å². The number of rotatable bonds is 51. The van der Waals surface area contributed by atoms with Gasteiger partial charge in [-0.2, -0.15) is 0 Å². The zero-order valence-corrected chi connectivity index (χ0v) is 44.2. The van der Waals surface area contributed by atoms with Crippen LogP contribution in [0.15, 0.2) is 18.2 Å². The Kier molecular flexibility index (Phi) is 38.4. The number of ether oxygens (including phenoxy) is 12. The van der Waals surface area contributed by atoms with Crippen LogP contribution in [0.25, 0.3) is 0 Å². The molecule has 3 rings (SSSR count). The number of hydrogen-bond acceptors (Lipinski definition) is 18. The van der Waals surface area contributed by atoms with Gasteiger partial charge in [-0.05, 0) is 37.8 Å². The van der Waals surface area contributed by atoms with Crippen LogP contribution in [-0.2, 0) is 76.0 Å². The van der Waals surface area contributed by atoms with Crippen molar-refractivity contribution in [2.75, 3.05) is 157 Å². The number of benzene rings is 1. The van der Waals surface area contributed by atoms with E-state index in [0.717, 1.165) is 30.6 Å². The van der Waals surface area contributed by atoms with Crippen LogP contribution in [-0.4, -0.2) is 198 Å². The fraction of sp³-hybridized carbons (Fsp3) is 0.774. The number of carbonyl (C=O) groups is 6. The molecule has 2 heterocycles. The quantitative estimate of drug-likeness (QED) is 0.0482. The molecule has 1 unspecified atom stereocenters. The third-order valence-corrected chi connectivity index (χ3v) is 11.6. The van der Waals surface area contributed by atoms with Crippen molar-refractivity contribution >= 4 is 41.2 Å². The third kappa shape index (κ3) is 30.5. The lowest BCUT2D eigenvalue weighted by Gasteiger charge is -2.27. The number of piperidine rings is 1. The maximum Gasteiger partial charge on any atom is 0.305 e. The molecule has 1 fully saturated rings. The van der Waals surface area contributed by atoms with Gasteiger partial charge in [0.2, 0.25) is 17.7 Å². The van der Waals surface area contributed by atoms with E-state index in [2.05, 4.69) is 17.6 Å². The molecule has 2 aliphatic rings. The number of unbranched alkanes of at least 4 members (excludes halogenated alkanes) is 10. The molecular weight excluding hydrogens is 967 g/mol. The topological polar surface area (TPSA) is 240 Å². The van der Waals surface area contributed by atoms with Gasteiger partial charge in [0.05, 0.1) is 156 Å². The monoisotopic (exact) mass is 1050 g/mol. The van der Waals surface area contributed by atoms with Gasteiger partial charge in [0, 0.05) is 25.9 Å². The van der Waals surface area contributed by atoms with Gasteiger partial charge in [-0.25, -0.2) is 0 Å².